The Morgan fingerprint density at radius 2 is 1.75 bits per heavy atom. The standard InChI is InChI=1S/C23H28O9/c1-11(2)8-9-14-16(22(29)30-3)17(25)12-6-4-5-7-13(12)21(14)32-23-20(28)19(27)18(26)15(10-24)31-23/h4-8,15,18-20,23-28H,9-10H2,1-3H3. The zero-order valence-electron chi connectivity index (χ0n) is 18.1. The normalized spacial score (nSPS) is 25.4. The second-order valence-corrected chi connectivity index (χ2v) is 7.87. The average molecular weight is 448 g/mol. The molecule has 0 aromatic heterocycles. The molecule has 1 saturated heterocycles. The molecule has 0 bridgehead atoms. The minimum absolute atomic E-state index is 0.0942. The molecule has 9 heteroatoms. The molecular weight excluding hydrogens is 420 g/mol. The molecule has 32 heavy (non-hydrogen) atoms. The summed E-state index contributed by atoms with van der Waals surface area (Å²) in [6, 6.07) is 6.66. The molecule has 2 aromatic carbocycles. The van der Waals surface area contributed by atoms with Gasteiger partial charge in [-0.15, -0.1) is 0 Å². The molecule has 0 aliphatic carbocycles. The number of phenols is 1. The van der Waals surface area contributed by atoms with Gasteiger partial charge in [-0.3, -0.25) is 0 Å². The number of rotatable bonds is 6. The summed E-state index contributed by atoms with van der Waals surface area (Å²) in [4.78, 5) is 12.6. The molecule has 3 rings (SSSR count). The van der Waals surface area contributed by atoms with Gasteiger partial charge in [0.25, 0.3) is 0 Å². The van der Waals surface area contributed by atoms with Gasteiger partial charge in [-0.25, -0.2) is 4.79 Å². The maximum absolute atomic E-state index is 12.6. The number of carbonyl (C=O) groups excluding carboxylic acids is 1. The third kappa shape index (κ3) is 4.43. The third-order valence-electron chi connectivity index (χ3n) is 5.43. The number of fused-ring (bicyclic) bond motifs is 1. The van der Waals surface area contributed by atoms with E-state index in [9.17, 15) is 30.3 Å². The highest BCUT2D eigenvalue weighted by Gasteiger charge is 2.45. The van der Waals surface area contributed by atoms with E-state index in [4.69, 9.17) is 14.2 Å². The first-order chi connectivity index (χ1) is 15.2. The molecule has 2 aromatic rings. The maximum atomic E-state index is 12.6. The molecule has 1 fully saturated rings. The number of aromatic hydroxyl groups is 1. The van der Waals surface area contributed by atoms with Gasteiger partial charge in [-0.2, -0.15) is 0 Å². The largest absolute Gasteiger partial charge is 0.506 e. The monoisotopic (exact) mass is 448 g/mol. The molecule has 5 N–H and O–H groups in total. The van der Waals surface area contributed by atoms with E-state index in [1.54, 1.807) is 24.3 Å². The van der Waals surface area contributed by atoms with Gasteiger partial charge in [0.05, 0.1) is 13.7 Å². The average Bonchev–Trinajstić information content (AvgIpc) is 2.79. The van der Waals surface area contributed by atoms with Crippen LogP contribution in [0.3, 0.4) is 0 Å². The summed E-state index contributed by atoms with van der Waals surface area (Å²) in [6.07, 6.45) is -5.41. The highest BCUT2D eigenvalue weighted by atomic mass is 16.7. The number of phenolic OH excluding ortho intramolecular Hbond substituents is 1. The van der Waals surface area contributed by atoms with Crippen LogP contribution in [-0.4, -0.2) is 75.9 Å². The number of aliphatic hydroxyl groups is 4. The van der Waals surface area contributed by atoms with E-state index in [2.05, 4.69) is 0 Å². The number of methoxy groups -OCH3 is 1. The summed E-state index contributed by atoms with van der Waals surface area (Å²) in [7, 11) is 1.19. The Balaban J connectivity index is 2.22. The van der Waals surface area contributed by atoms with Gasteiger partial charge in [0, 0.05) is 16.3 Å². The first kappa shape index (κ1) is 24.0. The quantitative estimate of drug-likeness (QED) is 0.323. The van der Waals surface area contributed by atoms with Crippen molar-refractivity contribution in [3.63, 3.8) is 0 Å². The van der Waals surface area contributed by atoms with Crippen molar-refractivity contribution >= 4 is 16.7 Å². The van der Waals surface area contributed by atoms with Crippen LogP contribution in [0.1, 0.15) is 29.8 Å². The van der Waals surface area contributed by atoms with Crippen molar-refractivity contribution in [1.29, 1.82) is 0 Å². The number of benzene rings is 2. The molecule has 0 radical (unpaired) electrons. The van der Waals surface area contributed by atoms with Crippen LogP contribution in [0, 0.1) is 0 Å². The Hall–Kier alpha value is -2.69. The molecule has 1 heterocycles. The van der Waals surface area contributed by atoms with Gasteiger partial charge in [0.15, 0.2) is 0 Å². The molecule has 0 spiro atoms. The van der Waals surface area contributed by atoms with E-state index in [0.717, 1.165) is 5.57 Å². The Kier molecular flexibility index (Phi) is 7.37. The molecule has 0 amide bonds. The lowest BCUT2D eigenvalue weighted by atomic mass is 9.94. The molecule has 9 nitrogen and oxygen atoms in total. The maximum Gasteiger partial charge on any atom is 0.342 e. The van der Waals surface area contributed by atoms with E-state index >= 15 is 0 Å². The van der Waals surface area contributed by atoms with Crippen LogP contribution in [-0.2, 0) is 15.9 Å². The predicted octanol–water partition coefficient (Wildman–Crippen LogP) is 1.02. The Labute approximate surface area is 185 Å². The SMILES string of the molecule is COC(=O)c1c(CC=C(C)C)c(OC2OC(CO)C(O)C(O)C2O)c2ccccc2c1O. The van der Waals surface area contributed by atoms with E-state index in [0.29, 0.717) is 16.3 Å². The smallest absolute Gasteiger partial charge is 0.342 e. The second kappa shape index (κ2) is 9.85. The van der Waals surface area contributed by atoms with Gasteiger partial charge >= 0.3 is 5.97 Å². The summed E-state index contributed by atoms with van der Waals surface area (Å²) in [5.74, 6) is -0.907. The van der Waals surface area contributed by atoms with Crippen LogP contribution in [0.2, 0.25) is 0 Å². The highest BCUT2D eigenvalue weighted by Crippen LogP contribution is 2.42. The Morgan fingerprint density at radius 3 is 2.34 bits per heavy atom. The van der Waals surface area contributed by atoms with Crippen molar-refractivity contribution in [3.8, 4) is 11.5 Å². The van der Waals surface area contributed by atoms with Gasteiger partial charge < -0.3 is 39.7 Å². The van der Waals surface area contributed by atoms with Crippen LogP contribution in [0.25, 0.3) is 10.8 Å². The Morgan fingerprint density at radius 1 is 1.09 bits per heavy atom. The number of allylic oxidation sites excluding steroid dienone is 2. The molecule has 1 aliphatic rings. The fourth-order valence-corrected chi connectivity index (χ4v) is 3.68. The van der Waals surface area contributed by atoms with Crippen molar-refractivity contribution in [2.45, 2.75) is 51.0 Å². The van der Waals surface area contributed by atoms with Gasteiger partial charge in [-0.1, -0.05) is 35.9 Å². The van der Waals surface area contributed by atoms with Gasteiger partial charge in [0.2, 0.25) is 6.29 Å². The van der Waals surface area contributed by atoms with Gasteiger partial charge in [0.1, 0.15) is 41.5 Å². The predicted molar refractivity (Wildman–Crippen MR) is 114 cm³/mol. The first-order valence-corrected chi connectivity index (χ1v) is 10.2. The minimum atomic E-state index is -1.64. The van der Waals surface area contributed by atoms with Crippen LogP contribution in [0.15, 0.2) is 35.9 Å². The number of carbonyl (C=O) groups is 1. The molecule has 5 unspecified atom stereocenters. The van der Waals surface area contributed by atoms with Crippen molar-refractivity contribution < 1.29 is 44.5 Å². The van der Waals surface area contributed by atoms with E-state index in [1.165, 1.54) is 7.11 Å². The van der Waals surface area contributed by atoms with Crippen molar-refractivity contribution in [1.82, 2.24) is 0 Å². The van der Waals surface area contributed by atoms with E-state index in [1.807, 2.05) is 19.9 Å². The number of hydrogen-bond acceptors (Lipinski definition) is 9. The van der Waals surface area contributed by atoms with Crippen LogP contribution in [0.4, 0.5) is 0 Å². The summed E-state index contributed by atoms with van der Waals surface area (Å²) in [6.45, 7) is 3.13. The summed E-state index contributed by atoms with van der Waals surface area (Å²) in [5, 5.41) is 51.7. The number of ether oxygens (including phenoxy) is 3. The number of hydrogen-bond donors (Lipinski definition) is 5. The summed E-state index contributed by atoms with van der Waals surface area (Å²) in [5.41, 5.74) is 1.15. The lowest BCUT2D eigenvalue weighted by molar-refractivity contribution is -0.277. The molecule has 5 atom stereocenters. The second-order valence-electron chi connectivity index (χ2n) is 7.87. The van der Waals surface area contributed by atoms with Crippen LogP contribution < -0.4 is 4.74 Å². The fourth-order valence-electron chi connectivity index (χ4n) is 3.68. The minimum Gasteiger partial charge on any atom is -0.506 e. The fraction of sp³-hybridized carbons (Fsp3) is 0.435. The molecule has 1 aliphatic heterocycles. The van der Waals surface area contributed by atoms with Crippen LogP contribution in [0.5, 0.6) is 11.5 Å². The first-order valence-electron chi connectivity index (χ1n) is 10.2. The zero-order chi connectivity index (χ0) is 23.6. The van der Waals surface area contributed by atoms with E-state index in [-0.39, 0.29) is 23.5 Å². The summed E-state index contributed by atoms with van der Waals surface area (Å²) < 4.78 is 16.4. The topological polar surface area (TPSA) is 146 Å². The van der Waals surface area contributed by atoms with E-state index < -0.39 is 43.3 Å². The van der Waals surface area contributed by atoms with Crippen LogP contribution >= 0.6 is 0 Å². The van der Waals surface area contributed by atoms with Crippen molar-refractivity contribution in [2.75, 3.05) is 13.7 Å². The molecule has 174 valence electrons. The van der Waals surface area contributed by atoms with Gasteiger partial charge in [-0.05, 0) is 20.3 Å². The summed E-state index contributed by atoms with van der Waals surface area (Å²) >= 11 is 0. The molecular formula is C23H28O9. The lowest BCUT2D eigenvalue weighted by Crippen LogP contribution is -2.60. The Bertz CT molecular complexity index is 1010. The molecule has 0 saturated carbocycles. The third-order valence-corrected chi connectivity index (χ3v) is 5.43. The zero-order valence-corrected chi connectivity index (χ0v) is 18.1. The highest BCUT2D eigenvalue weighted by molar-refractivity contribution is 6.05. The lowest BCUT2D eigenvalue weighted by Gasteiger charge is -2.40. The number of esters is 1. The number of aliphatic hydroxyl groups excluding tert-OH is 4. The van der Waals surface area contributed by atoms with Crippen molar-refractivity contribution in [3.05, 3.63) is 47.0 Å². The van der Waals surface area contributed by atoms with Crippen molar-refractivity contribution in [2.24, 2.45) is 0 Å².